The number of hydrogen-bond acceptors (Lipinski definition) is 5. The molecule has 1 atom stereocenters. The van der Waals surface area contributed by atoms with E-state index in [9.17, 15) is 10.1 Å². The fourth-order valence-electron chi connectivity index (χ4n) is 2.02. The molecule has 1 heterocycles. The smallest absolute Gasteiger partial charge is 0.400 e. The molecule has 0 aromatic heterocycles. The Balaban J connectivity index is 1.96. The van der Waals surface area contributed by atoms with Crippen LogP contribution in [-0.4, -0.2) is 16.9 Å². The highest BCUT2D eigenvalue weighted by atomic mass is 35.5. The number of nitro groups is 1. The minimum atomic E-state index is -1.32. The zero-order chi connectivity index (χ0) is 14.8. The standard InChI is InChI=1S/C14H10ClN3O3/c15-10-6-2-3-7-11(10)16-17-13-9-5-1-4-8-12(9)21-14(13)18(19)20/h1-8,14,16H/b17-13-/t14-/m0/s1. The van der Waals surface area contributed by atoms with Gasteiger partial charge in [-0.25, -0.2) is 0 Å². The average molecular weight is 304 g/mol. The number of nitrogens with zero attached hydrogens (tertiary/aromatic N) is 2. The molecule has 2 aromatic rings. The van der Waals surface area contributed by atoms with Gasteiger partial charge in [0.15, 0.2) is 5.71 Å². The van der Waals surface area contributed by atoms with Gasteiger partial charge in [-0.2, -0.15) is 5.10 Å². The van der Waals surface area contributed by atoms with Crippen molar-refractivity contribution in [3.63, 3.8) is 0 Å². The van der Waals surface area contributed by atoms with Gasteiger partial charge in [0.1, 0.15) is 5.75 Å². The first-order valence-electron chi connectivity index (χ1n) is 6.14. The number of ether oxygens (including phenoxy) is 1. The van der Waals surface area contributed by atoms with Crippen LogP contribution in [0.1, 0.15) is 5.56 Å². The summed E-state index contributed by atoms with van der Waals surface area (Å²) >= 11 is 6.01. The van der Waals surface area contributed by atoms with Crippen molar-refractivity contribution in [1.82, 2.24) is 0 Å². The van der Waals surface area contributed by atoms with Crippen LogP contribution in [0.4, 0.5) is 5.69 Å². The van der Waals surface area contributed by atoms with Gasteiger partial charge in [-0.05, 0) is 24.3 Å². The number of fused-ring (bicyclic) bond motifs is 1. The van der Waals surface area contributed by atoms with E-state index in [1.165, 1.54) is 0 Å². The number of benzene rings is 2. The Kier molecular flexibility index (Phi) is 3.45. The minimum Gasteiger partial charge on any atom is -0.424 e. The molecule has 0 bridgehead atoms. The SMILES string of the molecule is O=[N+]([O-])[C@H]1Oc2ccccc2/C1=N/Nc1ccccc1Cl. The molecule has 0 unspecified atom stereocenters. The van der Waals surface area contributed by atoms with Gasteiger partial charge < -0.3 is 4.74 Å². The molecule has 106 valence electrons. The van der Waals surface area contributed by atoms with Crippen molar-refractivity contribution < 1.29 is 9.66 Å². The van der Waals surface area contributed by atoms with Gasteiger partial charge in [-0.3, -0.25) is 15.5 Å². The van der Waals surface area contributed by atoms with Crippen molar-refractivity contribution >= 4 is 23.0 Å². The normalized spacial score (nSPS) is 18.1. The van der Waals surface area contributed by atoms with E-state index < -0.39 is 11.2 Å². The molecule has 7 heteroatoms. The van der Waals surface area contributed by atoms with E-state index in [0.29, 0.717) is 22.0 Å². The van der Waals surface area contributed by atoms with Crippen LogP contribution < -0.4 is 10.2 Å². The van der Waals surface area contributed by atoms with Gasteiger partial charge in [-0.15, -0.1) is 0 Å². The summed E-state index contributed by atoms with van der Waals surface area (Å²) in [7, 11) is 0. The number of hydrazone groups is 1. The number of rotatable bonds is 3. The van der Waals surface area contributed by atoms with Crippen LogP contribution in [-0.2, 0) is 0 Å². The molecule has 1 aliphatic rings. The minimum absolute atomic E-state index is 0.218. The summed E-state index contributed by atoms with van der Waals surface area (Å²) in [5, 5.41) is 15.7. The molecule has 1 aliphatic heterocycles. The molecule has 2 aromatic carbocycles. The van der Waals surface area contributed by atoms with Gasteiger partial charge in [0.2, 0.25) is 0 Å². The third kappa shape index (κ3) is 2.53. The van der Waals surface area contributed by atoms with E-state index in [2.05, 4.69) is 10.5 Å². The maximum absolute atomic E-state index is 11.1. The van der Waals surface area contributed by atoms with Crippen molar-refractivity contribution in [3.05, 3.63) is 69.2 Å². The van der Waals surface area contributed by atoms with Crippen LogP contribution in [0.15, 0.2) is 53.6 Å². The zero-order valence-corrected chi connectivity index (χ0v) is 11.4. The van der Waals surface area contributed by atoms with Gasteiger partial charge in [0, 0.05) is 0 Å². The molecule has 0 aliphatic carbocycles. The summed E-state index contributed by atoms with van der Waals surface area (Å²) < 4.78 is 5.30. The zero-order valence-electron chi connectivity index (χ0n) is 10.7. The Morgan fingerprint density at radius 2 is 1.90 bits per heavy atom. The molecule has 0 fully saturated rings. The largest absolute Gasteiger partial charge is 0.424 e. The molecule has 0 spiro atoms. The molecule has 6 nitrogen and oxygen atoms in total. The van der Waals surface area contributed by atoms with E-state index in [1.807, 2.05) is 0 Å². The summed E-state index contributed by atoms with van der Waals surface area (Å²) in [5.41, 5.74) is 4.13. The van der Waals surface area contributed by atoms with Crippen LogP contribution in [0, 0.1) is 10.1 Å². The van der Waals surface area contributed by atoms with E-state index in [0.717, 1.165) is 0 Å². The summed E-state index contributed by atoms with van der Waals surface area (Å²) in [6, 6.07) is 13.9. The first kappa shape index (κ1) is 13.4. The summed E-state index contributed by atoms with van der Waals surface area (Å²) in [5.74, 6) is 0.443. The quantitative estimate of drug-likeness (QED) is 0.698. The number of nitrogens with one attached hydrogen (secondary N) is 1. The lowest BCUT2D eigenvalue weighted by Gasteiger charge is -2.05. The van der Waals surface area contributed by atoms with Crippen LogP contribution >= 0.6 is 11.6 Å². The van der Waals surface area contributed by atoms with E-state index in [4.69, 9.17) is 16.3 Å². The highest BCUT2D eigenvalue weighted by Gasteiger charge is 2.39. The topological polar surface area (TPSA) is 76.8 Å². The predicted molar refractivity (Wildman–Crippen MR) is 79.5 cm³/mol. The van der Waals surface area contributed by atoms with Crippen molar-refractivity contribution in [3.8, 4) is 5.75 Å². The second kappa shape index (κ2) is 5.41. The van der Waals surface area contributed by atoms with Crippen molar-refractivity contribution in [2.75, 3.05) is 5.43 Å². The number of anilines is 1. The van der Waals surface area contributed by atoms with Crippen LogP contribution in [0.25, 0.3) is 0 Å². The molecular formula is C14H10ClN3O3. The highest BCUT2D eigenvalue weighted by Crippen LogP contribution is 2.29. The summed E-state index contributed by atoms with van der Waals surface area (Å²) in [4.78, 5) is 10.6. The molecule has 0 saturated heterocycles. The Morgan fingerprint density at radius 1 is 1.19 bits per heavy atom. The van der Waals surface area contributed by atoms with Gasteiger partial charge in [0.25, 0.3) is 0 Å². The van der Waals surface area contributed by atoms with Gasteiger partial charge >= 0.3 is 6.23 Å². The lowest BCUT2D eigenvalue weighted by atomic mass is 10.1. The number of halogens is 1. The van der Waals surface area contributed by atoms with Gasteiger partial charge in [-0.1, -0.05) is 35.9 Å². The molecule has 3 rings (SSSR count). The first-order valence-corrected chi connectivity index (χ1v) is 6.52. The monoisotopic (exact) mass is 303 g/mol. The molecule has 0 amide bonds. The summed E-state index contributed by atoms with van der Waals surface area (Å²) in [6.07, 6.45) is -1.32. The van der Waals surface area contributed by atoms with E-state index >= 15 is 0 Å². The van der Waals surface area contributed by atoms with E-state index in [-0.39, 0.29) is 5.71 Å². The average Bonchev–Trinajstić information content (AvgIpc) is 2.85. The maximum atomic E-state index is 11.1. The molecule has 0 radical (unpaired) electrons. The third-order valence-corrected chi connectivity index (χ3v) is 3.33. The Hall–Kier alpha value is -2.60. The molecule has 0 saturated carbocycles. The Bertz CT molecular complexity index is 733. The molecule has 1 N–H and O–H groups in total. The second-order valence-corrected chi connectivity index (χ2v) is 4.75. The number of para-hydroxylation sites is 2. The number of hydrogen-bond donors (Lipinski definition) is 1. The Morgan fingerprint density at radius 3 is 2.67 bits per heavy atom. The van der Waals surface area contributed by atoms with Crippen molar-refractivity contribution in [2.45, 2.75) is 6.23 Å². The van der Waals surface area contributed by atoms with Crippen molar-refractivity contribution in [1.29, 1.82) is 0 Å². The van der Waals surface area contributed by atoms with Crippen LogP contribution in [0.5, 0.6) is 5.75 Å². The highest BCUT2D eigenvalue weighted by molar-refractivity contribution is 6.33. The molecule has 21 heavy (non-hydrogen) atoms. The Labute approximate surface area is 125 Å². The summed E-state index contributed by atoms with van der Waals surface area (Å²) in [6.45, 7) is 0. The van der Waals surface area contributed by atoms with Crippen LogP contribution in [0.3, 0.4) is 0 Å². The predicted octanol–water partition coefficient (Wildman–Crippen LogP) is 3.15. The maximum Gasteiger partial charge on any atom is 0.400 e. The van der Waals surface area contributed by atoms with Gasteiger partial charge in [0.05, 0.1) is 21.2 Å². The third-order valence-electron chi connectivity index (χ3n) is 3.00. The lowest BCUT2D eigenvalue weighted by molar-refractivity contribution is -0.538. The second-order valence-electron chi connectivity index (χ2n) is 4.34. The van der Waals surface area contributed by atoms with Crippen LogP contribution in [0.2, 0.25) is 5.02 Å². The molecular weight excluding hydrogens is 294 g/mol. The fraction of sp³-hybridized carbons (Fsp3) is 0.0714. The fourth-order valence-corrected chi connectivity index (χ4v) is 2.20. The van der Waals surface area contributed by atoms with Crippen molar-refractivity contribution in [2.24, 2.45) is 5.10 Å². The lowest BCUT2D eigenvalue weighted by Crippen LogP contribution is -2.31. The first-order chi connectivity index (χ1) is 10.2. The van der Waals surface area contributed by atoms with E-state index in [1.54, 1.807) is 48.5 Å².